The lowest BCUT2D eigenvalue weighted by Crippen LogP contribution is -2.40. The smallest absolute Gasteiger partial charge is 0.195 e. The molecule has 0 aliphatic rings. The molecule has 2 aromatic heterocycles. The number of hydrogen-bond donors (Lipinski definition) is 0. The van der Waals surface area contributed by atoms with E-state index in [4.69, 9.17) is 0 Å². The monoisotopic (exact) mass is 354 g/mol. The molecule has 0 unspecified atom stereocenters. The summed E-state index contributed by atoms with van der Waals surface area (Å²) in [6, 6.07) is 21.9. The summed E-state index contributed by atoms with van der Waals surface area (Å²) < 4.78 is 4.54. The number of fused-ring (bicyclic) bond motifs is 1. The zero-order valence-electron chi connectivity index (χ0n) is 16.7. The van der Waals surface area contributed by atoms with Crippen LogP contribution in [-0.2, 0) is 14.1 Å². The molecule has 0 atom stereocenters. The molecule has 0 fully saturated rings. The van der Waals surface area contributed by atoms with E-state index in [9.17, 15) is 0 Å². The Kier molecular flexibility index (Phi) is 4.27. The molecule has 0 amide bonds. The third-order valence-electron chi connectivity index (χ3n) is 5.61. The first-order valence-corrected chi connectivity index (χ1v) is 9.42. The van der Waals surface area contributed by atoms with Gasteiger partial charge in [-0.15, -0.1) is 0 Å². The third kappa shape index (κ3) is 2.91. The van der Waals surface area contributed by atoms with Gasteiger partial charge >= 0.3 is 0 Å². The molecular weight excluding hydrogens is 328 g/mol. The fourth-order valence-corrected chi connectivity index (χ4v) is 4.03. The molecule has 0 saturated carbocycles. The molecule has 0 saturated heterocycles. The van der Waals surface area contributed by atoms with E-state index in [1.165, 1.54) is 50.1 Å². The molecule has 0 spiro atoms. The van der Waals surface area contributed by atoms with Gasteiger partial charge in [0.2, 0.25) is 5.69 Å². The predicted octanol–water partition coefficient (Wildman–Crippen LogP) is 4.75. The third-order valence-corrected chi connectivity index (χ3v) is 5.61. The summed E-state index contributed by atoms with van der Waals surface area (Å²) in [6.45, 7) is 6.58. The molecule has 0 bridgehead atoms. The zero-order valence-corrected chi connectivity index (χ0v) is 16.7. The predicted molar refractivity (Wildman–Crippen MR) is 111 cm³/mol. The second kappa shape index (κ2) is 6.62. The number of rotatable bonds is 2. The van der Waals surface area contributed by atoms with E-state index < -0.39 is 0 Å². The van der Waals surface area contributed by atoms with Gasteiger partial charge in [0.05, 0.1) is 5.39 Å². The Morgan fingerprint density at radius 3 is 2.30 bits per heavy atom. The molecule has 2 aromatic carbocycles. The Morgan fingerprint density at radius 2 is 1.48 bits per heavy atom. The fourth-order valence-electron chi connectivity index (χ4n) is 4.03. The van der Waals surface area contributed by atoms with Gasteiger partial charge in [-0.05, 0) is 55.5 Å². The molecule has 2 heteroatoms. The molecule has 0 aliphatic carbocycles. The summed E-state index contributed by atoms with van der Waals surface area (Å²) in [5.41, 5.74) is 8.98. The van der Waals surface area contributed by atoms with E-state index in [0.717, 1.165) is 0 Å². The fraction of sp³-hybridized carbons (Fsp3) is 0.200. The lowest BCUT2D eigenvalue weighted by Gasteiger charge is -2.11. The molecule has 4 aromatic rings. The first kappa shape index (κ1) is 17.4. The number of aromatic nitrogens is 2. The summed E-state index contributed by atoms with van der Waals surface area (Å²) in [5, 5.41) is 2.53. The minimum Gasteiger partial charge on any atom is -0.195 e. The minimum atomic E-state index is 1.21. The van der Waals surface area contributed by atoms with Crippen LogP contribution in [0.3, 0.4) is 0 Å². The summed E-state index contributed by atoms with van der Waals surface area (Å²) in [6.07, 6.45) is 2.15. The summed E-state index contributed by atoms with van der Waals surface area (Å²) in [7, 11) is 4.29. The van der Waals surface area contributed by atoms with Crippen molar-refractivity contribution in [2.75, 3.05) is 0 Å². The molecule has 0 aliphatic heterocycles. The molecule has 4 rings (SSSR count). The molecule has 27 heavy (non-hydrogen) atoms. The average Bonchev–Trinajstić information content (AvgIpc) is 2.65. The van der Waals surface area contributed by atoms with Crippen LogP contribution < -0.4 is 9.13 Å². The Labute approximate surface area is 161 Å². The van der Waals surface area contributed by atoms with Crippen LogP contribution in [0.5, 0.6) is 0 Å². The van der Waals surface area contributed by atoms with Crippen molar-refractivity contribution in [1.82, 2.24) is 0 Å². The first-order chi connectivity index (χ1) is 13.0. The summed E-state index contributed by atoms with van der Waals surface area (Å²) in [4.78, 5) is 0. The van der Waals surface area contributed by atoms with Gasteiger partial charge < -0.3 is 0 Å². The summed E-state index contributed by atoms with van der Waals surface area (Å²) in [5.74, 6) is 0. The van der Waals surface area contributed by atoms with Gasteiger partial charge in [0.1, 0.15) is 14.1 Å². The highest BCUT2D eigenvalue weighted by Crippen LogP contribution is 2.28. The zero-order chi connectivity index (χ0) is 19.1. The van der Waals surface area contributed by atoms with E-state index >= 15 is 0 Å². The summed E-state index contributed by atoms with van der Waals surface area (Å²) >= 11 is 0. The molecule has 2 heterocycles. The normalized spacial score (nSPS) is 11.1. The maximum absolute atomic E-state index is 2.32. The van der Waals surface area contributed by atoms with E-state index in [1.54, 1.807) is 0 Å². The maximum atomic E-state index is 2.32. The Balaban J connectivity index is 2.02. The van der Waals surface area contributed by atoms with Crippen molar-refractivity contribution >= 4 is 10.8 Å². The lowest BCUT2D eigenvalue weighted by atomic mass is 9.97. The highest BCUT2D eigenvalue weighted by molar-refractivity contribution is 5.91. The van der Waals surface area contributed by atoms with Crippen LogP contribution in [0.25, 0.3) is 33.4 Å². The SMILES string of the molecule is Cc1cc(C)c(C)c(-c2cccc(-c3c4ccccc4cc[n+]3C)[n+]2C)c1. The molecule has 0 N–H and O–H groups in total. The Hall–Kier alpha value is -3.00. The number of aryl methyl sites for hydroxylation is 3. The van der Waals surface area contributed by atoms with Gasteiger partial charge in [-0.2, -0.15) is 9.13 Å². The molecule has 0 radical (unpaired) electrons. The lowest BCUT2D eigenvalue weighted by molar-refractivity contribution is -0.684. The van der Waals surface area contributed by atoms with Crippen molar-refractivity contribution in [3.05, 3.63) is 83.6 Å². The van der Waals surface area contributed by atoms with Gasteiger partial charge in [0.15, 0.2) is 6.20 Å². The topological polar surface area (TPSA) is 7.76 Å². The van der Waals surface area contributed by atoms with Crippen molar-refractivity contribution in [2.45, 2.75) is 20.8 Å². The largest absolute Gasteiger partial charge is 0.285 e. The first-order valence-electron chi connectivity index (χ1n) is 9.42. The maximum Gasteiger partial charge on any atom is 0.285 e. The molecule has 2 nitrogen and oxygen atoms in total. The highest BCUT2D eigenvalue weighted by Gasteiger charge is 2.26. The minimum absolute atomic E-state index is 1.21. The van der Waals surface area contributed by atoms with E-state index in [1.807, 2.05) is 0 Å². The molecule has 134 valence electrons. The number of hydrogen-bond acceptors (Lipinski definition) is 0. The second-order valence-electron chi connectivity index (χ2n) is 7.47. The number of nitrogens with zero attached hydrogens (tertiary/aromatic N) is 2. The van der Waals surface area contributed by atoms with Crippen LogP contribution in [0.1, 0.15) is 16.7 Å². The van der Waals surface area contributed by atoms with Crippen molar-refractivity contribution in [1.29, 1.82) is 0 Å². The number of benzene rings is 2. The van der Waals surface area contributed by atoms with Gasteiger partial charge in [-0.1, -0.05) is 29.8 Å². The van der Waals surface area contributed by atoms with Gasteiger partial charge in [-0.3, -0.25) is 0 Å². The van der Waals surface area contributed by atoms with E-state index in [0.29, 0.717) is 0 Å². The average molecular weight is 354 g/mol. The van der Waals surface area contributed by atoms with E-state index in [2.05, 4.69) is 111 Å². The van der Waals surface area contributed by atoms with Gasteiger partial charge in [-0.25, -0.2) is 0 Å². The quantitative estimate of drug-likeness (QED) is 0.459. The van der Waals surface area contributed by atoms with Crippen LogP contribution in [0, 0.1) is 20.8 Å². The van der Waals surface area contributed by atoms with Crippen LogP contribution in [0.4, 0.5) is 0 Å². The van der Waals surface area contributed by atoms with Crippen LogP contribution >= 0.6 is 0 Å². The van der Waals surface area contributed by atoms with Crippen LogP contribution in [0.2, 0.25) is 0 Å². The van der Waals surface area contributed by atoms with Crippen molar-refractivity contribution in [2.24, 2.45) is 14.1 Å². The van der Waals surface area contributed by atoms with Crippen molar-refractivity contribution in [3.63, 3.8) is 0 Å². The second-order valence-corrected chi connectivity index (χ2v) is 7.47. The van der Waals surface area contributed by atoms with Crippen molar-refractivity contribution in [3.8, 4) is 22.6 Å². The van der Waals surface area contributed by atoms with Crippen LogP contribution in [0.15, 0.2) is 66.9 Å². The van der Waals surface area contributed by atoms with E-state index in [-0.39, 0.29) is 0 Å². The van der Waals surface area contributed by atoms with Crippen LogP contribution in [-0.4, -0.2) is 0 Å². The Bertz CT molecular complexity index is 1170. The van der Waals surface area contributed by atoms with Gasteiger partial charge in [0.25, 0.3) is 11.4 Å². The standard InChI is InChI=1S/C25H26N2/c1-17-15-18(2)19(3)22(16-17)23-11-8-12-24(27(23)5)25-21-10-7-6-9-20(21)13-14-26(25)4/h6-16H,1-5H3/q+2. The highest BCUT2D eigenvalue weighted by atomic mass is 15.0. The van der Waals surface area contributed by atoms with Gasteiger partial charge in [0, 0.05) is 23.8 Å². The molecular formula is C25H26N2+2. The van der Waals surface area contributed by atoms with Crippen molar-refractivity contribution < 1.29 is 9.13 Å². The number of pyridine rings is 2. The Morgan fingerprint density at radius 1 is 0.741 bits per heavy atom.